The van der Waals surface area contributed by atoms with Crippen LogP contribution in [0, 0.1) is 0 Å². The Morgan fingerprint density at radius 2 is 0.862 bits per heavy atom. The van der Waals surface area contributed by atoms with Crippen molar-refractivity contribution in [2.24, 2.45) is 0 Å². The number of rotatable bonds is 22. The van der Waals surface area contributed by atoms with Gasteiger partial charge in [0.05, 0.1) is 0 Å². The molecule has 0 aliphatic rings. The maximum absolute atomic E-state index is 12.6. The number of hydrogen-bond donors (Lipinski definition) is 0. The van der Waals surface area contributed by atoms with Crippen LogP contribution < -0.4 is 0 Å². The van der Waals surface area contributed by atoms with Gasteiger partial charge in [-0.25, -0.2) is 0 Å². The molecular weight excluding hydrogens is 372 g/mol. The summed E-state index contributed by atoms with van der Waals surface area (Å²) in [5.41, 5.74) is 0. The third kappa shape index (κ3) is 17.1. The fourth-order valence-electron chi connectivity index (χ4n) is 4.29. The quantitative estimate of drug-likeness (QED) is 0.127. The molecule has 0 spiro atoms. The van der Waals surface area contributed by atoms with Gasteiger partial charge in [-0.05, 0) is 24.6 Å². The first-order chi connectivity index (χ1) is 14.1. The molecule has 0 heterocycles. The third-order valence-electron chi connectivity index (χ3n) is 6.27. The predicted octanol–water partition coefficient (Wildman–Crippen LogP) is 9.58. The first kappa shape index (κ1) is 28.7. The third-order valence-corrected chi connectivity index (χ3v) is 10.7. The molecule has 0 saturated heterocycles. The van der Waals surface area contributed by atoms with Crippen molar-refractivity contribution >= 4 is 14.3 Å². The lowest BCUT2D eigenvalue weighted by atomic mass is 10.2. The summed E-state index contributed by atoms with van der Waals surface area (Å²) < 4.78 is 6.46. The molecule has 0 atom stereocenters. The summed E-state index contributed by atoms with van der Waals surface area (Å²) >= 11 is 0. The van der Waals surface area contributed by atoms with E-state index in [1.807, 2.05) is 0 Å². The highest BCUT2D eigenvalue weighted by Gasteiger charge is 2.36. The summed E-state index contributed by atoms with van der Waals surface area (Å²) in [7, 11) is -1.94. The van der Waals surface area contributed by atoms with E-state index in [1.165, 1.54) is 114 Å². The normalized spacial score (nSPS) is 11.7. The molecular formula is C26H54O2Si. The van der Waals surface area contributed by atoms with E-state index in [1.54, 1.807) is 0 Å². The first-order valence-electron chi connectivity index (χ1n) is 13.4. The number of unbranched alkanes of at least 4 members (excludes halogenated alkanes) is 13. The average molecular weight is 427 g/mol. The van der Waals surface area contributed by atoms with E-state index in [9.17, 15) is 4.79 Å². The van der Waals surface area contributed by atoms with Gasteiger partial charge >= 0.3 is 0 Å². The monoisotopic (exact) mass is 426 g/mol. The Balaban J connectivity index is 4.89. The lowest BCUT2D eigenvalue weighted by Crippen LogP contribution is -2.40. The van der Waals surface area contributed by atoms with Crippen LogP contribution in [0.25, 0.3) is 0 Å². The van der Waals surface area contributed by atoms with E-state index >= 15 is 0 Å². The summed E-state index contributed by atoms with van der Waals surface area (Å²) in [6.07, 6.45) is 22.4. The Labute approximate surface area is 185 Å². The molecule has 2 nitrogen and oxygen atoms in total. The highest BCUT2D eigenvalue weighted by Crippen LogP contribution is 2.31. The van der Waals surface area contributed by atoms with E-state index in [4.69, 9.17) is 4.43 Å². The van der Waals surface area contributed by atoms with Gasteiger partial charge in [-0.3, -0.25) is 4.79 Å². The second-order valence-electron chi connectivity index (χ2n) is 9.25. The van der Waals surface area contributed by atoms with Crippen LogP contribution in [0.5, 0.6) is 0 Å². The van der Waals surface area contributed by atoms with Gasteiger partial charge in [0.15, 0.2) is 0 Å². The Morgan fingerprint density at radius 1 is 0.517 bits per heavy atom. The Hall–Kier alpha value is -0.313. The molecule has 0 N–H and O–H groups in total. The molecule has 29 heavy (non-hydrogen) atoms. The average Bonchev–Trinajstić information content (AvgIpc) is 2.71. The van der Waals surface area contributed by atoms with Crippen molar-refractivity contribution in [2.45, 2.75) is 161 Å². The molecule has 0 rings (SSSR count). The molecule has 174 valence electrons. The maximum Gasteiger partial charge on any atom is 0.292 e. The molecule has 0 aromatic heterocycles. The number of carbonyl (C=O) groups excluding carboxylic acids is 1. The van der Waals surface area contributed by atoms with Crippen molar-refractivity contribution in [3.63, 3.8) is 0 Å². The van der Waals surface area contributed by atoms with E-state index in [-0.39, 0.29) is 5.97 Å². The van der Waals surface area contributed by atoms with Crippen LogP contribution in [0.4, 0.5) is 0 Å². The molecule has 0 radical (unpaired) electrons. The topological polar surface area (TPSA) is 26.3 Å². The van der Waals surface area contributed by atoms with Gasteiger partial charge < -0.3 is 4.43 Å². The Kier molecular flexibility index (Phi) is 20.7. The van der Waals surface area contributed by atoms with Crippen LogP contribution in [0.15, 0.2) is 0 Å². The van der Waals surface area contributed by atoms with Gasteiger partial charge in [-0.2, -0.15) is 0 Å². The van der Waals surface area contributed by atoms with E-state index in [0.717, 1.165) is 12.8 Å². The van der Waals surface area contributed by atoms with Gasteiger partial charge in [0.2, 0.25) is 0 Å². The van der Waals surface area contributed by atoms with Gasteiger partial charge in [0.1, 0.15) is 0 Å². The summed E-state index contributed by atoms with van der Waals surface area (Å²) in [6, 6.07) is 3.66. The smallest absolute Gasteiger partial charge is 0.292 e. The zero-order chi connectivity index (χ0) is 21.6. The van der Waals surface area contributed by atoms with Crippen LogP contribution >= 0.6 is 0 Å². The predicted molar refractivity (Wildman–Crippen MR) is 132 cm³/mol. The maximum atomic E-state index is 12.6. The molecule has 0 aliphatic heterocycles. The molecule has 0 saturated carbocycles. The van der Waals surface area contributed by atoms with Crippen LogP contribution in [-0.4, -0.2) is 14.3 Å². The van der Waals surface area contributed by atoms with Crippen molar-refractivity contribution in [3.05, 3.63) is 0 Å². The minimum atomic E-state index is -1.94. The van der Waals surface area contributed by atoms with E-state index in [2.05, 4.69) is 27.7 Å². The van der Waals surface area contributed by atoms with Crippen molar-refractivity contribution in [3.8, 4) is 0 Å². The lowest BCUT2D eigenvalue weighted by Gasteiger charge is -2.32. The minimum Gasteiger partial charge on any atom is -0.519 e. The van der Waals surface area contributed by atoms with Gasteiger partial charge in [0.25, 0.3) is 14.3 Å². The van der Waals surface area contributed by atoms with Crippen LogP contribution in [0.3, 0.4) is 0 Å². The van der Waals surface area contributed by atoms with Crippen molar-refractivity contribution in [1.82, 2.24) is 0 Å². The van der Waals surface area contributed by atoms with Crippen molar-refractivity contribution in [2.75, 3.05) is 0 Å². The zero-order valence-electron chi connectivity index (χ0n) is 20.7. The second kappa shape index (κ2) is 20.9. The fraction of sp³-hybridized carbons (Fsp3) is 0.962. The van der Waals surface area contributed by atoms with Gasteiger partial charge in [-0.15, -0.1) is 0 Å². The summed E-state index contributed by atoms with van der Waals surface area (Å²) in [4.78, 5) is 12.6. The summed E-state index contributed by atoms with van der Waals surface area (Å²) in [6.45, 7) is 9.00. The Morgan fingerprint density at radius 3 is 1.21 bits per heavy atom. The molecule has 0 aromatic rings. The number of hydrogen-bond acceptors (Lipinski definition) is 2. The van der Waals surface area contributed by atoms with Gasteiger partial charge in [0, 0.05) is 6.42 Å². The largest absolute Gasteiger partial charge is 0.519 e. The first-order valence-corrected chi connectivity index (χ1v) is 15.9. The van der Waals surface area contributed by atoms with Crippen LogP contribution in [0.2, 0.25) is 18.1 Å². The lowest BCUT2D eigenvalue weighted by molar-refractivity contribution is -0.135. The molecule has 3 heteroatoms. The molecule has 0 fully saturated rings. The zero-order valence-corrected chi connectivity index (χ0v) is 21.7. The fourth-order valence-corrected chi connectivity index (χ4v) is 8.62. The molecule has 0 aromatic carbocycles. The highest BCUT2D eigenvalue weighted by molar-refractivity contribution is 6.75. The second-order valence-corrected chi connectivity index (χ2v) is 13.3. The van der Waals surface area contributed by atoms with Gasteiger partial charge in [-0.1, -0.05) is 130 Å². The van der Waals surface area contributed by atoms with E-state index < -0.39 is 8.32 Å². The van der Waals surface area contributed by atoms with Crippen LogP contribution in [-0.2, 0) is 9.22 Å². The Bertz CT molecular complexity index is 321. The molecule has 0 aliphatic carbocycles. The summed E-state index contributed by atoms with van der Waals surface area (Å²) in [5.74, 6) is 0.120. The summed E-state index contributed by atoms with van der Waals surface area (Å²) in [5, 5.41) is 0. The van der Waals surface area contributed by atoms with Crippen molar-refractivity contribution < 1.29 is 9.22 Å². The molecule has 0 unspecified atom stereocenters. The standard InChI is InChI=1S/C26H54O2Si/c1-5-9-13-16-19-23-29(24-20-17-14-10-6-2,25-21-18-15-11-7-3)28-26(27)22-12-8-4/h5-25H2,1-4H3. The van der Waals surface area contributed by atoms with Crippen LogP contribution in [0.1, 0.15) is 143 Å². The highest BCUT2D eigenvalue weighted by atomic mass is 28.4. The molecule has 0 bridgehead atoms. The minimum absolute atomic E-state index is 0.120. The van der Waals surface area contributed by atoms with Crippen molar-refractivity contribution in [1.29, 1.82) is 0 Å². The SMILES string of the molecule is CCCCCCC[Si](CCCCCCC)(CCCCCCC)OC(=O)CCCC. The number of carbonyl (C=O) groups is 1. The van der Waals surface area contributed by atoms with E-state index in [0.29, 0.717) is 6.42 Å². The molecule has 0 amide bonds.